The van der Waals surface area contributed by atoms with E-state index in [0.717, 1.165) is 5.69 Å². The van der Waals surface area contributed by atoms with Crippen molar-refractivity contribution in [3.8, 4) is 5.75 Å². The topological polar surface area (TPSA) is 106 Å². The molecule has 0 spiro atoms. The number of halogens is 1. The van der Waals surface area contributed by atoms with Gasteiger partial charge in [-0.05, 0) is 18.2 Å². The van der Waals surface area contributed by atoms with Crippen molar-refractivity contribution in [2.45, 2.75) is 0 Å². The van der Waals surface area contributed by atoms with Gasteiger partial charge in [0.25, 0.3) is 11.6 Å². The standard InChI is InChI=1S/C16H15ClN4O4/c1-25-14-4-2-3-12(8-14)18-10-16(22)20-19-9-11-7-13(21(23)24)5-6-15(11)17/h2-9,18H,10H2,1H3,(H,20,22)/b19-9-. The highest BCUT2D eigenvalue weighted by Crippen LogP contribution is 2.20. The lowest BCUT2D eigenvalue weighted by Gasteiger charge is -2.07. The Balaban J connectivity index is 1.90. The zero-order chi connectivity index (χ0) is 18.2. The van der Waals surface area contributed by atoms with Crippen LogP contribution in [0.5, 0.6) is 5.75 Å². The van der Waals surface area contributed by atoms with E-state index >= 15 is 0 Å². The Morgan fingerprint density at radius 2 is 2.16 bits per heavy atom. The molecule has 1 amide bonds. The van der Waals surface area contributed by atoms with Crippen LogP contribution in [0.25, 0.3) is 0 Å². The number of methoxy groups -OCH3 is 1. The zero-order valence-electron chi connectivity index (χ0n) is 13.2. The van der Waals surface area contributed by atoms with Crippen molar-refractivity contribution in [3.63, 3.8) is 0 Å². The third-order valence-corrected chi connectivity index (χ3v) is 3.45. The first-order valence-electron chi connectivity index (χ1n) is 7.13. The molecular formula is C16H15ClN4O4. The average molecular weight is 363 g/mol. The van der Waals surface area contributed by atoms with Gasteiger partial charge in [-0.1, -0.05) is 17.7 Å². The Morgan fingerprint density at radius 3 is 2.88 bits per heavy atom. The quantitative estimate of drug-likeness (QED) is 0.447. The van der Waals surface area contributed by atoms with Crippen molar-refractivity contribution in [1.29, 1.82) is 0 Å². The molecule has 0 radical (unpaired) electrons. The van der Waals surface area contributed by atoms with Crippen LogP contribution in [0.1, 0.15) is 5.56 Å². The number of nitro groups is 1. The van der Waals surface area contributed by atoms with Gasteiger partial charge in [-0.2, -0.15) is 5.10 Å². The predicted molar refractivity (Wildman–Crippen MR) is 95.3 cm³/mol. The maximum atomic E-state index is 11.8. The molecule has 2 N–H and O–H groups in total. The summed E-state index contributed by atoms with van der Waals surface area (Å²) in [5, 5.41) is 17.7. The second-order valence-corrected chi connectivity index (χ2v) is 5.25. The summed E-state index contributed by atoms with van der Waals surface area (Å²) in [5.74, 6) is 0.282. The third-order valence-electron chi connectivity index (χ3n) is 3.11. The number of nitro benzene ring substituents is 1. The Kier molecular flexibility index (Phi) is 6.30. The van der Waals surface area contributed by atoms with E-state index in [-0.39, 0.29) is 23.2 Å². The summed E-state index contributed by atoms with van der Waals surface area (Å²) >= 11 is 5.94. The number of hydrogen-bond donors (Lipinski definition) is 2. The van der Waals surface area contributed by atoms with Crippen LogP contribution in [0.2, 0.25) is 5.02 Å². The second kappa shape index (κ2) is 8.65. The minimum absolute atomic E-state index is 0.00677. The summed E-state index contributed by atoms with van der Waals surface area (Å²) in [4.78, 5) is 22.0. The molecule has 2 aromatic rings. The van der Waals surface area contributed by atoms with Crippen LogP contribution in [-0.4, -0.2) is 30.7 Å². The number of carbonyl (C=O) groups is 1. The molecule has 0 heterocycles. The molecule has 0 saturated carbocycles. The van der Waals surface area contributed by atoms with E-state index in [9.17, 15) is 14.9 Å². The van der Waals surface area contributed by atoms with Crippen molar-refractivity contribution in [2.75, 3.05) is 19.0 Å². The van der Waals surface area contributed by atoms with Crippen LogP contribution in [0.4, 0.5) is 11.4 Å². The molecule has 8 nitrogen and oxygen atoms in total. The number of hydrazone groups is 1. The highest BCUT2D eigenvalue weighted by molar-refractivity contribution is 6.33. The molecule has 0 aromatic heterocycles. The van der Waals surface area contributed by atoms with E-state index in [4.69, 9.17) is 16.3 Å². The van der Waals surface area contributed by atoms with E-state index in [0.29, 0.717) is 11.3 Å². The van der Waals surface area contributed by atoms with Gasteiger partial charge in [0.2, 0.25) is 0 Å². The van der Waals surface area contributed by atoms with Crippen LogP contribution in [0.3, 0.4) is 0 Å². The lowest BCUT2D eigenvalue weighted by atomic mass is 10.2. The Bertz CT molecular complexity index is 810. The third kappa shape index (κ3) is 5.47. The van der Waals surface area contributed by atoms with Crippen LogP contribution in [0, 0.1) is 10.1 Å². The van der Waals surface area contributed by atoms with Crippen molar-refractivity contribution in [3.05, 3.63) is 63.2 Å². The van der Waals surface area contributed by atoms with Gasteiger partial charge < -0.3 is 10.1 Å². The summed E-state index contributed by atoms with van der Waals surface area (Å²) < 4.78 is 5.09. The molecule has 0 aliphatic carbocycles. The maximum absolute atomic E-state index is 11.8. The first-order chi connectivity index (χ1) is 12.0. The SMILES string of the molecule is COc1cccc(NCC(=O)N/N=C\c2cc([N+](=O)[O-])ccc2Cl)c1. The van der Waals surface area contributed by atoms with E-state index < -0.39 is 4.92 Å². The Morgan fingerprint density at radius 1 is 1.36 bits per heavy atom. The average Bonchev–Trinajstić information content (AvgIpc) is 2.61. The van der Waals surface area contributed by atoms with Crippen LogP contribution < -0.4 is 15.5 Å². The molecule has 0 saturated heterocycles. The van der Waals surface area contributed by atoms with E-state index in [1.165, 1.54) is 24.4 Å². The molecule has 2 rings (SSSR count). The number of nitrogens with zero attached hydrogens (tertiary/aromatic N) is 2. The number of nitrogens with one attached hydrogen (secondary N) is 2. The van der Waals surface area contributed by atoms with Crippen molar-refractivity contribution in [1.82, 2.24) is 5.43 Å². The summed E-state index contributed by atoms with van der Waals surface area (Å²) in [5.41, 5.74) is 3.25. The van der Waals surface area contributed by atoms with Gasteiger partial charge in [-0.15, -0.1) is 0 Å². The minimum atomic E-state index is -0.537. The van der Waals surface area contributed by atoms with Gasteiger partial charge in [0.05, 0.1) is 24.8 Å². The number of ether oxygens (including phenoxy) is 1. The molecule has 0 bridgehead atoms. The predicted octanol–water partition coefficient (Wildman–Crippen LogP) is 2.82. The van der Waals surface area contributed by atoms with Crippen molar-refractivity contribution in [2.24, 2.45) is 5.10 Å². The summed E-state index contributed by atoms with van der Waals surface area (Å²) in [6.45, 7) is -0.00677. The van der Waals surface area contributed by atoms with E-state index in [1.807, 2.05) is 0 Å². The van der Waals surface area contributed by atoms with Gasteiger partial charge >= 0.3 is 0 Å². The van der Waals surface area contributed by atoms with Gasteiger partial charge in [-0.3, -0.25) is 14.9 Å². The monoisotopic (exact) mass is 362 g/mol. The fraction of sp³-hybridized carbons (Fsp3) is 0.125. The molecule has 0 unspecified atom stereocenters. The van der Waals surface area contributed by atoms with Crippen molar-refractivity contribution >= 4 is 35.1 Å². The Labute approximate surface area is 148 Å². The van der Waals surface area contributed by atoms with Gasteiger partial charge in [0.1, 0.15) is 5.75 Å². The van der Waals surface area contributed by atoms with E-state index in [1.54, 1.807) is 31.4 Å². The zero-order valence-corrected chi connectivity index (χ0v) is 14.0. The smallest absolute Gasteiger partial charge is 0.270 e. The van der Waals surface area contributed by atoms with Gasteiger partial charge in [-0.25, -0.2) is 5.43 Å². The number of carbonyl (C=O) groups excluding carboxylic acids is 1. The fourth-order valence-corrected chi connectivity index (χ4v) is 2.04. The summed E-state index contributed by atoms with van der Waals surface area (Å²) in [7, 11) is 1.56. The lowest BCUT2D eigenvalue weighted by molar-refractivity contribution is -0.384. The number of hydrogen-bond acceptors (Lipinski definition) is 6. The van der Waals surface area contributed by atoms with Crippen LogP contribution >= 0.6 is 11.6 Å². The Hall–Kier alpha value is -3.13. The first kappa shape index (κ1) is 18.2. The van der Waals surface area contributed by atoms with Gasteiger partial charge in [0, 0.05) is 34.5 Å². The minimum Gasteiger partial charge on any atom is -0.497 e. The molecule has 25 heavy (non-hydrogen) atoms. The molecule has 0 fully saturated rings. The number of amides is 1. The summed E-state index contributed by atoms with van der Waals surface area (Å²) in [6.07, 6.45) is 1.25. The normalized spacial score (nSPS) is 10.5. The fourth-order valence-electron chi connectivity index (χ4n) is 1.87. The van der Waals surface area contributed by atoms with Gasteiger partial charge in [0.15, 0.2) is 0 Å². The molecule has 0 aliphatic heterocycles. The summed E-state index contributed by atoms with van der Waals surface area (Å²) in [6, 6.07) is 11.1. The van der Waals surface area contributed by atoms with Crippen LogP contribution in [0.15, 0.2) is 47.6 Å². The van der Waals surface area contributed by atoms with E-state index in [2.05, 4.69) is 15.8 Å². The number of non-ortho nitro benzene ring substituents is 1. The maximum Gasteiger partial charge on any atom is 0.270 e. The number of anilines is 1. The van der Waals surface area contributed by atoms with Crippen molar-refractivity contribution < 1.29 is 14.5 Å². The largest absolute Gasteiger partial charge is 0.497 e. The molecular weight excluding hydrogens is 348 g/mol. The highest BCUT2D eigenvalue weighted by Gasteiger charge is 2.08. The second-order valence-electron chi connectivity index (χ2n) is 4.84. The first-order valence-corrected chi connectivity index (χ1v) is 7.51. The highest BCUT2D eigenvalue weighted by atomic mass is 35.5. The number of benzene rings is 2. The molecule has 9 heteroatoms. The molecule has 130 valence electrons. The van der Waals surface area contributed by atoms with Crippen LogP contribution in [-0.2, 0) is 4.79 Å². The molecule has 0 aliphatic rings. The lowest BCUT2D eigenvalue weighted by Crippen LogP contribution is -2.25. The number of rotatable bonds is 7. The molecule has 0 atom stereocenters. The molecule has 2 aromatic carbocycles.